The van der Waals surface area contributed by atoms with Crippen LogP contribution in [0.15, 0.2) is 30.5 Å². The normalized spacial score (nSPS) is 16.8. The van der Waals surface area contributed by atoms with Gasteiger partial charge < -0.3 is 9.88 Å². The van der Waals surface area contributed by atoms with Gasteiger partial charge in [-0.1, -0.05) is 29.8 Å². The van der Waals surface area contributed by atoms with Crippen LogP contribution in [-0.4, -0.2) is 31.5 Å². The highest BCUT2D eigenvalue weighted by Crippen LogP contribution is 2.22. The lowest BCUT2D eigenvalue weighted by molar-refractivity contribution is 0.344. The van der Waals surface area contributed by atoms with Crippen LogP contribution in [0.3, 0.4) is 0 Å². The zero-order chi connectivity index (χ0) is 17.2. The maximum atomic E-state index is 4.24. The molecule has 1 unspecified atom stereocenters. The topological polar surface area (TPSA) is 71.4 Å². The molecule has 0 radical (unpaired) electrons. The number of fused-ring (bicyclic) bond motifs is 1. The first-order valence-corrected chi connectivity index (χ1v) is 8.89. The van der Waals surface area contributed by atoms with Crippen molar-refractivity contribution in [3.05, 3.63) is 53.2 Å². The van der Waals surface area contributed by atoms with Crippen molar-refractivity contribution < 1.29 is 0 Å². The van der Waals surface area contributed by atoms with Crippen molar-refractivity contribution in [3.8, 4) is 11.3 Å². The number of hydrogen-bond acceptors (Lipinski definition) is 4. The molecule has 3 heterocycles. The molecule has 2 N–H and O–H groups in total. The number of hydrogen-bond donors (Lipinski definition) is 2. The summed E-state index contributed by atoms with van der Waals surface area (Å²) in [4.78, 5) is 0. The van der Waals surface area contributed by atoms with Crippen molar-refractivity contribution in [2.24, 2.45) is 5.92 Å². The molecule has 0 fully saturated rings. The molecule has 0 bridgehead atoms. The summed E-state index contributed by atoms with van der Waals surface area (Å²) < 4.78 is 2.26. The third-order valence-electron chi connectivity index (χ3n) is 5.04. The average Bonchev–Trinajstić information content (AvgIpc) is 3.23. The van der Waals surface area contributed by atoms with Gasteiger partial charge in [0.05, 0.1) is 11.9 Å². The van der Waals surface area contributed by atoms with Gasteiger partial charge in [0.25, 0.3) is 0 Å². The number of aromatic nitrogens is 5. The zero-order valence-electron chi connectivity index (χ0n) is 14.8. The fraction of sp³-hybridized carbons (Fsp3) is 0.421. The van der Waals surface area contributed by atoms with E-state index in [4.69, 9.17) is 0 Å². The lowest BCUT2D eigenvalue weighted by atomic mass is 9.99. The predicted molar refractivity (Wildman–Crippen MR) is 97.0 cm³/mol. The van der Waals surface area contributed by atoms with E-state index in [1.807, 2.05) is 13.1 Å². The lowest BCUT2D eigenvalue weighted by Gasteiger charge is -2.24. The molecular formula is C19H24N6. The Bertz CT molecular complexity index is 845. The fourth-order valence-corrected chi connectivity index (χ4v) is 3.52. The van der Waals surface area contributed by atoms with Gasteiger partial charge >= 0.3 is 0 Å². The SMILES string of the molecule is Cc1ccc(-c2[nH]ncc2CNCC2CCc3nnc(C)n3C2)cc1. The first-order chi connectivity index (χ1) is 12.2. The molecule has 0 aliphatic carbocycles. The Morgan fingerprint density at radius 3 is 2.88 bits per heavy atom. The van der Waals surface area contributed by atoms with Crippen LogP contribution in [0.25, 0.3) is 11.3 Å². The Morgan fingerprint density at radius 2 is 2.04 bits per heavy atom. The number of rotatable bonds is 5. The monoisotopic (exact) mass is 336 g/mol. The van der Waals surface area contributed by atoms with Crippen LogP contribution >= 0.6 is 0 Å². The van der Waals surface area contributed by atoms with Crippen molar-refractivity contribution in [1.82, 2.24) is 30.3 Å². The van der Waals surface area contributed by atoms with Gasteiger partial charge in [0.15, 0.2) is 0 Å². The molecule has 1 aliphatic heterocycles. The third-order valence-corrected chi connectivity index (χ3v) is 5.04. The third kappa shape index (κ3) is 3.35. The summed E-state index contributed by atoms with van der Waals surface area (Å²) in [6.45, 7) is 6.97. The number of H-pyrrole nitrogens is 1. The van der Waals surface area contributed by atoms with E-state index in [2.05, 4.69) is 61.5 Å². The molecule has 1 atom stereocenters. The van der Waals surface area contributed by atoms with Gasteiger partial charge in [-0.2, -0.15) is 5.10 Å². The first kappa shape index (κ1) is 16.0. The highest BCUT2D eigenvalue weighted by molar-refractivity contribution is 5.62. The van der Waals surface area contributed by atoms with Gasteiger partial charge in [-0.05, 0) is 38.3 Å². The fourth-order valence-electron chi connectivity index (χ4n) is 3.52. The van der Waals surface area contributed by atoms with Gasteiger partial charge in [0, 0.05) is 25.1 Å². The Morgan fingerprint density at radius 1 is 1.20 bits per heavy atom. The molecular weight excluding hydrogens is 312 g/mol. The van der Waals surface area contributed by atoms with Crippen LogP contribution in [0, 0.1) is 19.8 Å². The van der Waals surface area contributed by atoms with Gasteiger partial charge in [-0.3, -0.25) is 5.10 Å². The lowest BCUT2D eigenvalue weighted by Crippen LogP contribution is -2.30. The van der Waals surface area contributed by atoms with E-state index in [-0.39, 0.29) is 0 Å². The summed E-state index contributed by atoms with van der Waals surface area (Å²) in [5.74, 6) is 2.78. The predicted octanol–water partition coefficient (Wildman–Crippen LogP) is 2.64. The highest BCUT2D eigenvalue weighted by Gasteiger charge is 2.21. The van der Waals surface area contributed by atoms with Crippen LogP contribution in [0.4, 0.5) is 0 Å². The molecule has 0 amide bonds. The van der Waals surface area contributed by atoms with E-state index in [1.54, 1.807) is 0 Å². The number of benzene rings is 1. The molecule has 0 saturated heterocycles. The summed E-state index contributed by atoms with van der Waals surface area (Å²) in [6.07, 6.45) is 4.11. The number of nitrogens with zero attached hydrogens (tertiary/aromatic N) is 4. The summed E-state index contributed by atoms with van der Waals surface area (Å²) in [7, 11) is 0. The molecule has 25 heavy (non-hydrogen) atoms. The second kappa shape index (κ2) is 6.80. The van der Waals surface area contributed by atoms with Crippen LogP contribution in [0.5, 0.6) is 0 Å². The molecule has 1 aromatic carbocycles. The standard InChI is InChI=1S/C19H24N6/c1-13-3-6-16(7-4-13)19-17(11-21-24-19)10-20-9-15-5-8-18-23-22-14(2)25(18)12-15/h3-4,6-7,11,15,20H,5,8-10,12H2,1-2H3,(H,21,24). The molecule has 3 aromatic rings. The second-order valence-electron chi connectivity index (χ2n) is 6.95. The van der Waals surface area contributed by atoms with Gasteiger partial charge in [-0.25, -0.2) is 0 Å². The molecule has 1 aliphatic rings. The van der Waals surface area contributed by atoms with E-state index in [0.717, 1.165) is 43.4 Å². The summed E-state index contributed by atoms with van der Waals surface area (Å²) in [6, 6.07) is 8.55. The molecule has 2 aromatic heterocycles. The summed E-state index contributed by atoms with van der Waals surface area (Å²) in [5.41, 5.74) is 4.76. The van der Waals surface area contributed by atoms with E-state index >= 15 is 0 Å². The van der Waals surface area contributed by atoms with E-state index in [0.29, 0.717) is 5.92 Å². The van der Waals surface area contributed by atoms with Crippen molar-refractivity contribution in [2.75, 3.05) is 6.54 Å². The van der Waals surface area contributed by atoms with E-state index in [9.17, 15) is 0 Å². The Hall–Kier alpha value is -2.47. The minimum atomic E-state index is 0.622. The smallest absolute Gasteiger partial charge is 0.133 e. The molecule has 130 valence electrons. The van der Waals surface area contributed by atoms with Crippen LogP contribution < -0.4 is 5.32 Å². The maximum Gasteiger partial charge on any atom is 0.133 e. The molecule has 4 rings (SSSR count). The van der Waals surface area contributed by atoms with Crippen molar-refractivity contribution in [3.63, 3.8) is 0 Å². The van der Waals surface area contributed by atoms with E-state index < -0.39 is 0 Å². The van der Waals surface area contributed by atoms with Crippen molar-refractivity contribution in [2.45, 2.75) is 39.8 Å². The summed E-state index contributed by atoms with van der Waals surface area (Å²) >= 11 is 0. The quantitative estimate of drug-likeness (QED) is 0.751. The number of nitrogens with one attached hydrogen (secondary N) is 2. The Labute approximate surface area is 147 Å². The van der Waals surface area contributed by atoms with Crippen molar-refractivity contribution >= 4 is 0 Å². The first-order valence-electron chi connectivity index (χ1n) is 8.89. The van der Waals surface area contributed by atoms with Crippen LogP contribution in [-0.2, 0) is 19.5 Å². The number of aryl methyl sites for hydroxylation is 3. The minimum absolute atomic E-state index is 0.622. The molecule has 6 nitrogen and oxygen atoms in total. The Kier molecular flexibility index (Phi) is 4.36. The van der Waals surface area contributed by atoms with Crippen LogP contribution in [0.2, 0.25) is 0 Å². The van der Waals surface area contributed by atoms with Crippen LogP contribution in [0.1, 0.15) is 29.2 Å². The van der Waals surface area contributed by atoms with Gasteiger partial charge in [-0.15, -0.1) is 10.2 Å². The van der Waals surface area contributed by atoms with Gasteiger partial charge in [0.2, 0.25) is 0 Å². The number of aromatic amines is 1. The Balaban J connectivity index is 1.36. The molecule has 0 spiro atoms. The van der Waals surface area contributed by atoms with E-state index in [1.165, 1.54) is 23.1 Å². The molecule has 0 saturated carbocycles. The van der Waals surface area contributed by atoms with Crippen molar-refractivity contribution in [1.29, 1.82) is 0 Å². The molecule has 6 heteroatoms. The zero-order valence-corrected chi connectivity index (χ0v) is 14.8. The summed E-state index contributed by atoms with van der Waals surface area (Å²) in [5, 5.41) is 19.4. The second-order valence-corrected chi connectivity index (χ2v) is 6.95. The largest absolute Gasteiger partial charge is 0.315 e. The van der Waals surface area contributed by atoms with Gasteiger partial charge in [0.1, 0.15) is 11.6 Å². The maximum absolute atomic E-state index is 4.24. The average molecular weight is 336 g/mol. The minimum Gasteiger partial charge on any atom is -0.315 e. The highest BCUT2D eigenvalue weighted by atomic mass is 15.3.